The highest BCUT2D eigenvalue weighted by Crippen LogP contribution is 2.17. The van der Waals surface area contributed by atoms with Crippen LogP contribution in [0, 0.1) is 0 Å². The summed E-state index contributed by atoms with van der Waals surface area (Å²) in [6.07, 6.45) is 1.08. The number of benzene rings is 1. The molecule has 2 heteroatoms. The van der Waals surface area contributed by atoms with Gasteiger partial charge in [0.15, 0.2) is 0 Å². The second kappa shape index (κ2) is 4.09. The normalized spacial score (nSPS) is 11.2. The minimum atomic E-state index is 0.803. The first-order valence-corrected chi connectivity index (χ1v) is 5.62. The second-order valence-corrected chi connectivity index (χ2v) is 3.78. The van der Waals surface area contributed by atoms with E-state index in [1.54, 1.807) is 0 Å². The lowest BCUT2D eigenvalue weighted by atomic mass is 10.2. The maximum atomic E-state index is 6.02. The number of halogens is 1. The fraction of sp³-hybridized carbons (Fsp3) is 0.333. The van der Waals surface area contributed by atoms with Crippen molar-refractivity contribution in [3.63, 3.8) is 0 Å². The van der Waals surface area contributed by atoms with Gasteiger partial charge in [0.25, 0.3) is 0 Å². The Morgan fingerprint density at radius 3 is 2.64 bits per heavy atom. The highest BCUT2D eigenvalue weighted by Gasteiger charge is 2.01. The Bertz CT molecular complexity index is 245. The topological polar surface area (TPSA) is 0 Å². The largest absolute Gasteiger partial charge is 0.0917 e. The van der Waals surface area contributed by atoms with E-state index in [-0.39, 0.29) is 0 Å². The molecule has 0 N–H and O–H groups in total. The molecule has 0 bridgehead atoms. The van der Waals surface area contributed by atoms with Gasteiger partial charge >= 0.3 is 0 Å². The Kier molecular flexibility index (Phi) is 3.36. The lowest BCUT2D eigenvalue weighted by Gasteiger charge is -2.06. The number of hydrogen-bond acceptors (Lipinski definition) is 0. The van der Waals surface area contributed by atoms with Crippen LogP contribution >= 0.6 is 20.2 Å². The average Bonchev–Trinajstić information content (AvgIpc) is 2.04. The van der Waals surface area contributed by atoms with Gasteiger partial charge in [0.05, 0.1) is 0 Å². The number of aryl methyl sites for hydroxylation is 1. The molecule has 0 aromatic heterocycles. The lowest BCUT2D eigenvalue weighted by Crippen LogP contribution is -2.03. The Morgan fingerprint density at radius 1 is 1.45 bits per heavy atom. The van der Waals surface area contributed by atoms with Crippen molar-refractivity contribution in [2.24, 2.45) is 0 Å². The van der Waals surface area contributed by atoms with E-state index in [2.05, 4.69) is 19.7 Å². The summed E-state index contributed by atoms with van der Waals surface area (Å²) in [6, 6.07) is 6.13. The van der Waals surface area contributed by atoms with Crippen LogP contribution in [0.4, 0.5) is 0 Å². The molecule has 1 atom stereocenters. The maximum absolute atomic E-state index is 6.02. The van der Waals surface area contributed by atoms with Crippen molar-refractivity contribution >= 4 is 25.5 Å². The predicted octanol–water partition coefficient (Wildman–Crippen LogP) is 2.84. The quantitative estimate of drug-likeness (QED) is 0.623. The fourth-order valence-corrected chi connectivity index (χ4v) is 2.52. The van der Waals surface area contributed by atoms with E-state index < -0.39 is 0 Å². The van der Waals surface area contributed by atoms with Crippen LogP contribution in [-0.4, -0.2) is 6.66 Å². The number of rotatable bonds is 2. The molecule has 1 aromatic carbocycles. The van der Waals surface area contributed by atoms with Crippen LogP contribution in [0.15, 0.2) is 18.2 Å². The summed E-state index contributed by atoms with van der Waals surface area (Å²) >= 11 is 6.02. The molecule has 0 nitrogen and oxygen atoms in total. The third-order valence-corrected chi connectivity index (χ3v) is 3.29. The zero-order chi connectivity index (χ0) is 8.27. The van der Waals surface area contributed by atoms with E-state index in [4.69, 9.17) is 11.6 Å². The van der Waals surface area contributed by atoms with Gasteiger partial charge in [-0.2, -0.15) is 0 Å². The Morgan fingerprint density at radius 2 is 2.18 bits per heavy atom. The highest BCUT2D eigenvalue weighted by molar-refractivity contribution is 7.46. The van der Waals surface area contributed by atoms with Crippen molar-refractivity contribution in [2.75, 3.05) is 6.66 Å². The summed E-state index contributed by atoms with van der Waals surface area (Å²) in [4.78, 5) is 0. The summed E-state index contributed by atoms with van der Waals surface area (Å²) in [5.41, 5.74) is 1.39. The van der Waals surface area contributed by atoms with Crippen molar-refractivity contribution in [2.45, 2.75) is 13.3 Å². The first-order valence-electron chi connectivity index (χ1n) is 3.74. The third kappa shape index (κ3) is 1.95. The van der Waals surface area contributed by atoms with Crippen molar-refractivity contribution in [3.05, 3.63) is 28.8 Å². The average molecular weight is 187 g/mol. The van der Waals surface area contributed by atoms with Gasteiger partial charge in [-0.25, -0.2) is 0 Å². The van der Waals surface area contributed by atoms with Crippen LogP contribution in [0.25, 0.3) is 0 Å². The van der Waals surface area contributed by atoms with Crippen molar-refractivity contribution in [3.8, 4) is 0 Å². The Labute approximate surface area is 74.7 Å². The smallest absolute Gasteiger partial charge is 0.0482 e. The standard InChI is InChI=1S/C9H12ClP/c1-3-7-5-4-6-8(10)9(7)11-2/h4-6,11H,3H2,1-2H3. The molecule has 0 saturated carbocycles. The van der Waals surface area contributed by atoms with Crippen LogP contribution in [0.3, 0.4) is 0 Å². The summed E-state index contributed by atoms with van der Waals surface area (Å²) < 4.78 is 0. The zero-order valence-corrected chi connectivity index (χ0v) is 8.57. The molecule has 0 fully saturated rings. The summed E-state index contributed by atoms with van der Waals surface area (Å²) in [5.74, 6) is 0. The first-order chi connectivity index (χ1) is 5.29. The van der Waals surface area contributed by atoms with Gasteiger partial charge in [-0.1, -0.05) is 39.2 Å². The molecule has 60 valence electrons. The van der Waals surface area contributed by atoms with E-state index >= 15 is 0 Å². The summed E-state index contributed by atoms with van der Waals surface area (Å²) in [7, 11) is 0.803. The van der Waals surface area contributed by atoms with E-state index in [0.717, 1.165) is 20.0 Å². The molecule has 0 aliphatic heterocycles. The molecule has 0 amide bonds. The minimum Gasteiger partial charge on any atom is -0.0917 e. The molecule has 0 aliphatic rings. The first kappa shape index (κ1) is 9.03. The van der Waals surface area contributed by atoms with E-state index in [1.165, 1.54) is 10.9 Å². The van der Waals surface area contributed by atoms with Gasteiger partial charge in [0.1, 0.15) is 0 Å². The SMILES string of the molecule is CCc1cccc(Cl)c1PC. The molecule has 0 radical (unpaired) electrons. The van der Waals surface area contributed by atoms with Gasteiger partial charge in [-0.3, -0.25) is 0 Å². The molecule has 0 spiro atoms. The maximum Gasteiger partial charge on any atom is 0.0482 e. The van der Waals surface area contributed by atoms with E-state index in [9.17, 15) is 0 Å². The van der Waals surface area contributed by atoms with Crippen molar-refractivity contribution < 1.29 is 0 Å². The van der Waals surface area contributed by atoms with Crippen LogP contribution in [0.5, 0.6) is 0 Å². The van der Waals surface area contributed by atoms with Crippen LogP contribution < -0.4 is 5.30 Å². The molecule has 11 heavy (non-hydrogen) atoms. The van der Waals surface area contributed by atoms with Gasteiger partial charge in [-0.05, 0) is 30.0 Å². The molecule has 1 aromatic rings. The molecular weight excluding hydrogens is 175 g/mol. The zero-order valence-electron chi connectivity index (χ0n) is 6.82. The molecule has 0 saturated heterocycles. The van der Waals surface area contributed by atoms with Gasteiger partial charge < -0.3 is 0 Å². The molecule has 0 aliphatic carbocycles. The Hall–Kier alpha value is -0.0600. The molecular formula is C9H12ClP. The Balaban J connectivity index is 3.13. The van der Waals surface area contributed by atoms with Gasteiger partial charge in [0.2, 0.25) is 0 Å². The second-order valence-electron chi connectivity index (χ2n) is 2.38. The van der Waals surface area contributed by atoms with Crippen LogP contribution in [-0.2, 0) is 6.42 Å². The third-order valence-electron chi connectivity index (χ3n) is 1.73. The van der Waals surface area contributed by atoms with Gasteiger partial charge in [-0.15, -0.1) is 0 Å². The molecule has 0 heterocycles. The van der Waals surface area contributed by atoms with Crippen molar-refractivity contribution in [1.29, 1.82) is 0 Å². The van der Waals surface area contributed by atoms with Crippen LogP contribution in [0.1, 0.15) is 12.5 Å². The summed E-state index contributed by atoms with van der Waals surface area (Å²) in [6.45, 7) is 4.33. The molecule has 1 rings (SSSR count). The number of hydrogen-bond donors (Lipinski definition) is 0. The lowest BCUT2D eigenvalue weighted by molar-refractivity contribution is 1.15. The van der Waals surface area contributed by atoms with Gasteiger partial charge in [0, 0.05) is 5.02 Å². The van der Waals surface area contributed by atoms with E-state index in [0.29, 0.717) is 0 Å². The summed E-state index contributed by atoms with van der Waals surface area (Å²) in [5, 5.41) is 2.25. The van der Waals surface area contributed by atoms with Crippen LogP contribution in [0.2, 0.25) is 5.02 Å². The monoisotopic (exact) mass is 186 g/mol. The fourth-order valence-electron chi connectivity index (χ4n) is 1.14. The predicted molar refractivity (Wildman–Crippen MR) is 54.7 cm³/mol. The minimum absolute atomic E-state index is 0.803. The molecule has 1 unspecified atom stereocenters. The van der Waals surface area contributed by atoms with E-state index in [1.807, 2.05) is 12.1 Å². The highest BCUT2D eigenvalue weighted by atomic mass is 35.5. The van der Waals surface area contributed by atoms with Crippen molar-refractivity contribution in [1.82, 2.24) is 0 Å².